The Morgan fingerprint density at radius 3 is 2.50 bits per heavy atom. The number of carbonyl (C=O) groups is 1. The predicted molar refractivity (Wildman–Crippen MR) is 88.9 cm³/mol. The Labute approximate surface area is 139 Å². The van der Waals surface area contributed by atoms with Gasteiger partial charge in [-0.25, -0.2) is 8.78 Å². The van der Waals surface area contributed by atoms with Crippen molar-refractivity contribution in [1.29, 1.82) is 0 Å². The summed E-state index contributed by atoms with van der Waals surface area (Å²) < 4.78 is 26.4. The van der Waals surface area contributed by atoms with E-state index < -0.39 is 11.6 Å². The third kappa shape index (κ3) is 5.03. The maximum absolute atomic E-state index is 13.5. The highest BCUT2D eigenvalue weighted by atomic mass is 19.1. The van der Waals surface area contributed by atoms with Gasteiger partial charge in [-0.2, -0.15) is 0 Å². The number of carbonyl (C=O) groups excluding carboxylic acids is 1. The van der Waals surface area contributed by atoms with Gasteiger partial charge in [0.2, 0.25) is 5.91 Å². The molecule has 0 saturated carbocycles. The van der Waals surface area contributed by atoms with E-state index in [1.807, 2.05) is 24.0 Å². The van der Waals surface area contributed by atoms with E-state index in [4.69, 9.17) is 0 Å². The van der Waals surface area contributed by atoms with Gasteiger partial charge < -0.3 is 10.4 Å². The topological polar surface area (TPSA) is 52.6 Å². The van der Waals surface area contributed by atoms with Crippen molar-refractivity contribution in [2.24, 2.45) is 0 Å². The minimum atomic E-state index is -0.803. The molecule has 1 amide bonds. The van der Waals surface area contributed by atoms with E-state index in [1.165, 1.54) is 6.07 Å². The minimum Gasteiger partial charge on any atom is -0.508 e. The molecule has 128 valence electrons. The first-order chi connectivity index (χ1) is 11.3. The SMILES string of the molecule is C[C@@H](Cc1ccc(O)cc1)N(C)CC(=O)Nc1ccc(F)cc1F. The number of benzene rings is 2. The van der Waals surface area contributed by atoms with Crippen LogP contribution in [0.3, 0.4) is 0 Å². The van der Waals surface area contributed by atoms with Gasteiger partial charge in [-0.05, 0) is 50.2 Å². The lowest BCUT2D eigenvalue weighted by Crippen LogP contribution is -2.37. The Bertz CT molecular complexity index is 705. The van der Waals surface area contributed by atoms with Crippen LogP contribution >= 0.6 is 0 Å². The molecule has 0 heterocycles. The van der Waals surface area contributed by atoms with Gasteiger partial charge in [-0.15, -0.1) is 0 Å². The summed E-state index contributed by atoms with van der Waals surface area (Å²) in [6, 6.07) is 9.98. The van der Waals surface area contributed by atoms with E-state index in [0.717, 1.165) is 17.7 Å². The standard InChI is InChI=1S/C18H20F2N2O2/c1-12(9-13-3-6-15(23)7-4-13)22(2)11-18(24)21-17-8-5-14(19)10-16(17)20/h3-8,10,12,23H,9,11H2,1-2H3,(H,21,24)/t12-/m0/s1. The molecule has 0 aliphatic carbocycles. The molecule has 24 heavy (non-hydrogen) atoms. The smallest absolute Gasteiger partial charge is 0.238 e. The fraction of sp³-hybridized carbons (Fsp3) is 0.278. The second kappa shape index (κ2) is 7.88. The van der Waals surface area contributed by atoms with Crippen LogP contribution in [-0.2, 0) is 11.2 Å². The Balaban J connectivity index is 1.89. The fourth-order valence-corrected chi connectivity index (χ4v) is 2.29. The van der Waals surface area contributed by atoms with Crippen LogP contribution in [0.25, 0.3) is 0 Å². The monoisotopic (exact) mass is 334 g/mol. The lowest BCUT2D eigenvalue weighted by molar-refractivity contribution is -0.117. The van der Waals surface area contributed by atoms with E-state index in [0.29, 0.717) is 6.42 Å². The molecular weight excluding hydrogens is 314 g/mol. The van der Waals surface area contributed by atoms with Crippen molar-refractivity contribution >= 4 is 11.6 Å². The maximum Gasteiger partial charge on any atom is 0.238 e. The van der Waals surface area contributed by atoms with Crippen LogP contribution in [-0.4, -0.2) is 35.5 Å². The van der Waals surface area contributed by atoms with Gasteiger partial charge >= 0.3 is 0 Å². The molecule has 0 aromatic heterocycles. The number of halogens is 2. The van der Waals surface area contributed by atoms with E-state index >= 15 is 0 Å². The van der Waals surface area contributed by atoms with Crippen molar-refractivity contribution in [3.05, 3.63) is 59.7 Å². The first kappa shape index (κ1) is 17.9. The van der Waals surface area contributed by atoms with Gasteiger partial charge in [-0.1, -0.05) is 12.1 Å². The van der Waals surface area contributed by atoms with Gasteiger partial charge in [0.15, 0.2) is 0 Å². The number of rotatable bonds is 6. The third-order valence-electron chi connectivity index (χ3n) is 3.82. The molecule has 2 aromatic rings. The van der Waals surface area contributed by atoms with Crippen molar-refractivity contribution in [1.82, 2.24) is 4.90 Å². The predicted octanol–water partition coefficient (Wildman–Crippen LogP) is 3.17. The Kier molecular flexibility index (Phi) is 5.87. The van der Waals surface area contributed by atoms with Gasteiger partial charge in [-0.3, -0.25) is 9.69 Å². The zero-order chi connectivity index (χ0) is 17.7. The number of hydrogen-bond acceptors (Lipinski definition) is 3. The lowest BCUT2D eigenvalue weighted by Gasteiger charge is -2.24. The van der Waals surface area contributed by atoms with Crippen molar-refractivity contribution in [2.45, 2.75) is 19.4 Å². The molecule has 0 radical (unpaired) electrons. The summed E-state index contributed by atoms with van der Waals surface area (Å²) >= 11 is 0. The zero-order valence-electron chi connectivity index (χ0n) is 13.6. The van der Waals surface area contributed by atoms with Crippen LogP contribution in [0.4, 0.5) is 14.5 Å². The molecule has 1 atom stereocenters. The summed E-state index contributed by atoms with van der Waals surface area (Å²) in [4.78, 5) is 13.9. The first-order valence-corrected chi connectivity index (χ1v) is 7.58. The van der Waals surface area contributed by atoms with Crippen LogP contribution < -0.4 is 5.32 Å². The highest BCUT2D eigenvalue weighted by Gasteiger charge is 2.15. The van der Waals surface area contributed by atoms with E-state index in [9.17, 15) is 18.7 Å². The van der Waals surface area contributed by atoms with Gasteiger partial charge in [0.05, 0.1) is 12.2 Å². The summed E-state index contributed by atoms with van der Waals surface area (Å²) in [6.45, 7) is 2.05. The second-order valence-corrected chi connectivity index (χ2v) is 5.81. The van der Waals surface area contributed by atoms with E-state index in [-0.39, 0.29) is 29.9 Å². The molecule has 4 nitrogen and oxygen atoms in total. The number of likely N-dealkylation sites (N-methyl/N-ethyl adjacent to an activating group) is 1. The molecule has 0 spiro atoms. The summed E-state index contributed by atoms with van der Waals surface area (Å²) in [5.41, 5.74) is 0.998. The Morgan fingerprint density at radius 2 is 1.88 bits per heavy atom. The number of nitrogens with one attached hydrogen (secondary N) is 1. The third-order valence-corrected chi connectivity index (χ3v) is 3.82. The molecule has 0 aliphatic rings. The number of hydrogen-bond donors (Lipinski definition) is 2. The quantitative estimate of drug-likeness (QED) is 0.853. The molecule has 0 fully saturated rings. The molecule has 0 bridgehead atoms. The maximum atomic E-state index is 13.5. The average molecular weight is 334 g/mol. The summed E-state index contributed by atoms with van der Waals surface area (Å²) in [7, 11) is 1.80. The van der Waals surface area contributed by atoms with Crippen LogP contribution in [0.1, 0.15) is 12.5 Å². The summed E-state index contributed by atoms with van der Waals surface area (Å²) in [5.74, 6) is -1.66. The molecule has 2 rings (SSSR count). The number of nitrogens with zero attached hydrogens (tertiary/aromatic N) is 1. The molecular formula is C18H20F2N2O2. The molecule has 6 heteroatoms. The largest absolute Gasteiger partial charge is 0.508 e. The van der Waals surface area contributed by atoms with Crippen molar-refractivity contribution < 1.29 is 18.7 Å². The number of phenols is 1. The van der Waals surface area contributed by atoms with Crippen molar-refractivity contribution in [2.75, 3.05) is 18.9 Å². The normalized spacial score (nSPS) is 12.2. The van der Waals surface area contributed by atoms with Crippen molar-refractivity contribution in [3.8, 4) is 5.75 Å². The molecule has 0 aliphatic heterocycles. The number of aromatic hydroxyl groups is 1. The van der Waals surface area contributed by atoms with E-state index in [2.05, 4.69) is 5.32 Å². The Morgan fingerprint density at radius 1 is 1.21 bits per heavy atom. The van der Waals surface area contributed by atoms with E-state index in [1.54, 1.807) is 19.2 Å². The first-order valence-electron chi connectivity index (χ1n) is 7.58. The van der Waals surface area contributed by atoms with Gasteiger partial charge in [0.1, 0.15) is 17.4 Å². The highest BCUT2D eigenvalue weighted by molar-refractivity contribution is 5.92. The Hall–Kier alpha value is -2.47. The second-order valence-electron chi connectivity index (χ2n) is 5.81. The van der Waals surface area contributed by atoms with Gasteiger partial charge in [0, 0.05) is 12.1 Å². The van der Waals surface area contributed by atoms with Crippen LogP contribution in [0.15, 0.2) is 42.5 Å². The highest BCUT2D eigenvalue weighted by Crippen LogP contribution is 2.16. The van der Waals surface area contributed by atoms with Crippen molar-refractivity contribution in [3.63, 3.8) is 0 Å². The average Bonchev–Trinajstić information content (AvgIpc) is 2.52. The van der Waals surface area contributed by atoms with Crippen LogP contribution in [0.5, 0.6) is 5.75 Å². The number of anilines is 1. The van der Waals surface area contributed by atoms with Crippen LogP contribution in [0.2, 0.25) is 0 Å². The summed E-state index contributed by atoms with van der Waals surface area (Å²) in [6.07, 6.45) is 0.703. The molecule has 2 N–H and O–H groups in total. The molecule has 0 unspecified atom stereocenters. The van der Waals surface area contributed by atoms with Gasteiger partial charge in [0.25, 0.3) is 0 Å². The van der Waals surface area contributed by atoms with Crippen LogP contribution in [0, 0.1) is 11.6 Å². The number of amides is 1. The molecule has 2 aromatic carbocycles. The zero-order valence-corrected chi connectivity index (χ0v) is 13.6. The fourth-order valence-electron chi connectivity index (χ4n) is 2.29. The summed E-state index contributed by atoms with van der Waals surface area (Å²) in [5, 5.41) is 11.7. The number of phenolic OH excluding ortho intramolecular Hbond substituents is 1. The lowest BCUT2D eigenvalue weighted by atomic mass is 10.1. The molecule has 0 saturated heterocycles. The minimum absolute atomic E-state index is 0.0408.